The number of nitrogens with zero attached hydrogens (tertiary/aromatic N) is 2. The molecule has 5 nitrogen and oxygen atoms in total. The van der Waals surface area contributed by atoms with Gasteiger partial charge in [0.15, 0.2) is 11.5 Å². The van der Waals surface area contributed by atoms with Gasteiger partial charge in [-0.25, -0.2) is 4.39 Å². The van der Waals surface area contributed by atoms with E-state index in [9.17, 15) is 4.79 Å². The summed E-state index contributed by atoms with van der Waals surface area (Å²) in [5.41, 5.74) is -1.10. The molecular formula is C21H20FN3O2. The Kier molecular flexibility index (Phi) is 4.06. The van der Waals surface area contributed by atoms with Crippen LogP contribution in [0.3, 0.4) is 0 Å². The Morgan fingerprint density at radius 2 is 1.78 bits per heavy atom. The second-order valence-electron chi connectivity index (χ2n) is 7.40. The summed E-state index contributed by atoms with van der Waals surface area (Å²) >= 11 is 0. The molecule has 1 saturated carbocycles. The predicted octanol–water partition coefficient (Wildman–Crippen LogP) is 4.09. The number of rotatable bonds is 5. The number of carbonyl (C=O) groups excluding carboxylic acids is 1. The van der Waals surface area contributed by atoms with Gasteiger partial charge in [-0.15, -0.1) is 0 Å². The van der Waals surface area contributed by atoms with Crippen LogP contribution in [0.2, 0.25) is 0 Å². The Labute approximate surface area is 156 Å². The number of benzene rings is 2. The van der Waals surface area contributed by atoms with Crippen molar-refractivity contribution in [2.45, 2.75) is 37.4 Å². The van der Waals surface area contributed by atoms with Crippen molar-refractivity contribution in [3.63, 3.8) is 0 Å². The van der Waals surface area contributed by atoms with Gasteiger partial charge in [-0.05, 0) is 31.5 Å². The van der Waals surface area contributed by atoms with Gasteiger partial charge < -0.3 is 9.84 Å². The van der Waals surface area contributed by atoms with E-state index < -0.39 is 11.2 Å². The fourth-order valence-electron chi connectivity index (χ4n) is 3.19. The Hall–Kier alpha value is -3.02. The van der Waals surface area contributed by atoms with Gasteiger partial charge in [0.05, 0.1) is 5.54 Å². The number of hydrogen-bond acceptors (Lipinski definition) is 4. The van der Waals surface area contributed by atoms with Crippen molar-refractivity contribution in [1.29, 1.82) is 0 Å². The van der Waals surface area contributed by atoms with E-state index in [1.165, 1.54) is 0 Å². The van der Waals surface area contributed by atoms with Crippen LogP contribution in [-0.2, 0) is 11.2 Å². The molecule has 2 aromatic carbocycles. The molecule has 4 rings (SSSR count). The van der Waals surface area contributed by atoms with Crippen LogP contribution < -0.4 is 5.32 Å². The number of hydrogen-bond donors (Lipinski definition) is 1. The van der Waals surface area contributed by atoms with Gasteiger partial charge >= 0.3 is 0 Å². The minimum Gasteiger partial charge on any atom is -0.340 e. The lowest BCUT2D eigenvalue weighted by Gasteiger charge is -2.22. The molecule has 0 saturated heterocycles. The van der Waals surface area contributed by atoms with E-state index in [4.69, 9.17) is 4.52 Å². The molecule has 1 heterocycles. The molecule has 1 aliphatic carbocycles. The van der Waals surface area contributed by atoms with E-state index in [0.29, 0.717) is 12.0 Å². The normalized spacial score (nSPS) is 21.7. The number of amides is 1. The molecule has 0 spiro atoms. The molecule has 1 amide bonds. The molecule has 1 aromatic heterocycles. The van der Waals surface area contributed by atoms with Crippen LogP contribution in [0.4, 0.5) is 4.39 Å². The Morgan fingerprint density at radius 1 is 1.15 bits per heavy atom. The van der Waals surface area contributed by atoms with Crippen molar-refractivity contribution in [2.24, 2.45) is 0 Å². The maximum Gasteiger partial charge on any atom is 0.265 e. The van der Waals surface area contributed by atoms with Crippen LogP contribution in [-0.4, -0.2) is 16.0 Å². The zero-order valence-electron chi connectivity index (χ0n) is 15.1. The van der Waals surface area contributed by atoms with Gasteiger partial charge in [-0.2, -0.15) is 4.98 Å². The molecule has 0 aliphatic heterocycles. The maximum atomic E-state index is 15.2. The molecule has 0 radical (unpaired) electrons. The first-order valence-electron chi connectivity index (χ1n) is 8.86. The molecular weight excluding hydrogens is 345 g/mol. The van der Waals surface area contributed by atoms with Crippen molar-refractivity contribution in [1.82, 2.24) is 15.5 Å². The minimum absolute atomic E-state index is 0.0339. The van der Waals surface area contributed by atoms with Crippen LogP contribution >= 0.6 is 0 Å². The fraction of sp³-hybridized carbons (Fsp3) is 0.286. The van der Waals surface area contributed by atoms with E-state index in [-0.39, 0.29) is 23.5 Å². The largest absolute Gasteiger partial charge is 0.340 e. The van der Waals surface area contributed by atoms with E-state index in [1.807, 2.05) is 36.4 Å². The molecule has 27 heavy (non-hydrogen) atoms. The summed E-state index contributed by atoms with van der Waals surface area (Å²) in [5.74, 6) is -0.324. The van der Waals surface area contributed by atoms with E-state index in [0.717, 1.165) is 5.56 Å². The summed E-state index contributed by atoms with van der Waals surface area (Å²) in [4.78, 5) is 16.7. The van der Waals surface area contributed by atoms with Crippen molar-refractivity contribution >= 4 is 5.91 Å². The van der Waals surface area contributed by atoms with Gasteiger partial charge in [-0.1, -0.05) is 53.7 Å². The lowest BCUT2D eigenvalue weighted by Crippen LogP contribution is -2.41. The van der Waals surface area contributed by atoms with Crippen LogP contribution in [0.15, 0.2) is 65.2 Å². The number of halogens is 1. The van der Waals surface area contributed by atoms with Gasteiger partial charge in [0.25, 0.3) is 11.8 Å². The second kappa shape index (κ2) is 6.30. The summed E-state index contributed by atoms with van der Waals surface area (Å²) in [6.45, 7) is 3.52. The lowest BCUT2D eigenvalue weighted by molar-refractivity contribution is 0.0907. The van der Waals surface area contributed by atoms with Crippen molar-refractivity contribution in [2.75, 3.05) is 0 Å². The second-order valence-corrected chi connectivity index (χ2v) is 7.40. The summed E-state index contributed by atoms with van der Waals surface area (Å²) in [5, 5.41) is 6.80. The Morgan fingerprint density at radius 3 is 2.44 bits per heavy atom. The van der Waals surface area contributed by atoms with Gasteiger partial charge in [0, 0.05) is 17.9 Å². The van der Waals surface area contributed by atoms with Crippen molar-refractivity contribution in [3.05, 3.63) is 83.5 Å². The van der Waals surface area contributed by atoms with Gasteiger partial charge in [0.2, 0.25) is 0 Å². The first-order chi connectivity index (χ1) is 12.9. The lowest BCUT2D eigenvalue weighted by atomic mass is 10.0. The molecule has 1 N–H and O–H groups in total. The van der Waals surface area contributed by atoms with Crippen molar-refractivity contribution in [3.8, 4) is 0 Å². The molecule has 1 aliphatic rings. The maximum absolute atomic E-state index is 15.2. The number of nitrogens with one attached hydrogen (secondary N) is 1. The average molecular weight is 365 g/mol. The zero-order chi connectivity index (χ0) is 19.1. The highest BCUT2D eigenvalue weighted by Gasteiger charge is 2.62. The standard InChI is InChI=1S/C21H20FN3O2/c1-20(2,24-17(26)15-11-7-4-8-12-15)18-23-19(27-25-18)21(22)13-16(21)14-9-5-3-6-10-14/h3-12,16H,13H2,1-2H3,(H,24,26)/t16-,21-/m0/s1. The van der Waals surface area contributed by atoms with Gasteiger partial charge in [-0.3, -0.25) is 4.79 Å². The highest BCUT2D eigenvalue weighted by molar-refractivity contribution is 5.94. The van der Waals surface area contributed by atoms with E-state index in [2.05, 4.69) is 15.5 Å². The zero-order valence-corrected chi connectivity index (χ0v) is 15.1. The van der Waals surface area contributed by atoms with Crippen LogP contribution in [0.5, 0.6) is 0 Å². The first kappa shape index (κ1) is 17.4. The molecule has 6 heteroatoms. The molecule has 1 fully saturated rings. The molecule has 138 valence electrons. The van der Waals surface area contributed by atoms with Crippen LogP contribution in [0.1, 0.15) is 53.8 Å². The molecule has 2 atom stereocenters. The molecule has 3 aromatic rings. The fourth-order valence-corrected chi connectivity index (χ4v) is 3.19. The van der Waals surface area contributed by atoms with Crippen LogP contribution in [0, 0.1) is 0 Å². The van der Waals surface area contributed by atoms with E-state index in [1.54, 1.807) is 38.1 Å². The molecule has 0 unspecified atom stereocenters. The highest BCUT2D eigenvalue weighted by atomic mass is 19.1. The van der Waals surface area contributed by atoms with Crippen LogP contribution in [0.25, 0.3) is 0 Å². The first-order valence-corrected chi connectivity index (χ1v) is 8.86. The Bertz CT molecular complexity index is 956. The van der Waals surface area contributed by atoms with E-state index >= 15 is 4.39 Å². The number of alkyl halides is 1. The SMILES string of the molecule is CC(C)(NC(=O)c1ccccc1)c1noc([C@]2(F)C[C@H]2c2ccccc2)n1. The smallest absolute Gasteiger partial charge is 0.265 e. The minimum atomic E-state index is -1.65. The number of aromatic nitrogens is 2. The third-order valence-corrected chi connectivity index (χ3v) is 4.90. The summed E-state index contributed by atoms with van der Waals surface area (Å²) < 4.78 is 20.5. The number of carbonyl (C=O) groups is 1. The monoisotopic (exact) mass is 365 g/mol. The summed E-state index contributed by atoms with van der Waals surface area (Å²) in [7, 11) is 0. The third-order valence-electron chi connectivity index (χ3n) is 4.90. The van der Waals surface area contributed by atoms with Crippen molar-refractivity contribution < 1.29 is 13.7 Å². The summed E-state index contributed by atoms with van der Waals surface area (Å²) in [6, 6.07) is 18.3. The molecule has 0 bridgehead atoms. The third kappa shape index (κ3) is 3.23. The quantitative estimate of drug-likeness (QED) is 0.739. The predicted molar refractivity (Wildman–Crippen MR) is 97.8 cm³/mol. The summed E-state index contributed by atoms with van der Waals surface area (Å²) in [6.07, 6.45) is 0.315. The van der Waals surface area contributed by atoms with Gasteiger partial charge in [0.1, 0.15) is 0 Å². The topological polar surface area (TPSA) is 68.0 Å². The highest BCUT2D eigenvalue weighted by Crippen LogP contribution is 2.61. The average Bonchev–Trinajstić information content (AvgIpc) is 3.12. The Balaban J connectivity index is 1.51.